The Labute approximate surface area is 146 Å². The molecule has 1 fully saturated rings. The van der Waals surface area contributed by atoms with Crippen LogP contribution in [0.4, 0.5) is 13.2 Å². The first-order valence-electron chi connectivity index (χ1n) is 6.64. The van der Waals surface area contributed by atoms with Crippen LogP contribution in [-0.4, -0.2) is 37.3 Å². The molecule has 1 aromatic carbocycles. The summed E-state index contributed by atoms with van der Waals surface area (Å²) in [5.74, 6) is 0. The topological polar surface area (TPSA) is 15.3 Å². The number of benzene rings is 1. The van der Waals surface area contributed by atoms with Gasteiger partial charge in [0.05, 0.1) is 6.42 Å². The molecule has 0 aliphatic carbocycles. The van der Waals surface area contributed by atoms with Crippen LogP contribution in [0, 0.1) is 6.92 Å². The highest BCUT2D eigenvalue weighted by molar-refractivity contribution is 6.30. The van der Waals surface area contributed by atoms with Gasteiger partial charge in [-0.3, -0.25) is 4.90 Å². The van der Waals surface area contributed by atoms with Gasteiger partial charge in [-0.2, -0.15) is 13.2 Å². The van der Waals surface area contributed by atoms with Gasteiger partial charge in [0.2, 0.25) is 0 Å². The second kappa shape index (κ2) is 9.18. The van der Waals surface area contributed by atoms with Crippen molar-refractivity contribution in [3.63, 3.8) is 0 Å². The maximum atomic E-state index is 12.9. The number of nitrogens with zero attached hydrogens (tertiary/aromatic N) is 1. The number of piperazine rings is 1. The van der Waals surface area contributed by atoms with Crippen molar-refractivity contribution in [2.45, 2.75) is 25.6 Å². The maximum absolute atomic E-state index is 12.9. The number of halogens is 6. The van der Waals surface area contributed by atoms with Gasteiger partial charge in [0.15, 0.2) is 0 Å². The first-order chi connectivity index (χ1) is 9.37. The maximum Gasteiger partial charge on any atom is 0.390 e. The van der Waals surface area contributed by atoms with Crippen molar-refractivity contribution >= 4 is 36.4 Å². The summed E-state index contributed by atoms with van der Waals surface area (Å²) in [5, 5.41) is 3.72. The van der Waals surface area contributed by atoms with Crippen LogP contribution in [0.25, 0.3) is 0 Å². The normalized spacial score (nSPS) is 17.3. The number of alkyl halides is 3. The van der Waals surface area contributed by atoms with Crippen molar-refractivity contribution in [2.24, 2.45) is 0 Å². The number of hydrogen-bond donors (Lipinski definition) is 1. The van der Waals surface area contributed by atoms with E-state index in [1.54, 1.807) is 18.2 Å². The third-order valence-electron chi connectivity index (χ3n) is 3.61. The van der Waals surface area contributed by atoms with Crippen LogP contribution in [0.15, 0.2) is 18.2 Å². The fourth-order valence-corrected chi connectivity index (χ4v) is 2.89. The van der Waals surface area contributed by atoms with Crippen LogP contribution in [0.3, 0.4) is 0 Å². The van der Waals surface area contributed by atoms with Crippen LogP contribution in [0.5, 0.6) is 0 Å². The molecule has 0 aromatic heterocycles. The van der Waals surface area contributed by atoms with Crippen molar-refractivity contribution < 1.29 is 13.2 Å². The second-order valence-corrected chi connectivity index (χ2v) is 5.56. The van der Waals surface area contributed by atoms with Crippen molar-refractivity contribution in [2.75, 3.05) is 26.2 Å². The van der Waals surface area contributed by atoms with Gasteiger partial charge in [0, 0.05) is 37.2 Å². The van der Waals surface area contributed by atoms with Gasteiger partial charge in [0.25, 0.3) is 0 Å². The lowest BCUT2D eigenvalue weighted by Gasteiger charge is -2.36. The molecule has 0 saturated carbocycles. The van der Waals surface area contributed by atoms with Gasteiger partial charge in [-0.25, -0.2) is 0 Å². The zero-order valence-electron chi connectivity index (χ0n) is 12.1. The summed E-state index contributed by atoms with van der Waals surface area (Å²) in [7, 11) is 0. The fraction of sp³-hybridized carbons (Fsp3) is 0.571. The number of rotatable bonds is 3. The summed E-state index contributed by atoms with van der Waals surface area (Å²) < 4.78 is 38.7. The molecule has 0 radical (unpaired) electrons. The molecule has 1 aliphatic rings. The van der Waals surface area contributed by atoms with Crippen LogP contribution < -0.4 is 5.32 Å². The quantitative estimate of drug-likeness (QED) is 0.838. The van der Waals surface area contributed by atoms with Crippen LogP contribution in [-0.2, 0) is 0 Å². The molecule has 0 amide bonds. The van der Waals surface area contributed by atoms with E-state index in [1.165, 1.54) is 0 Å². The van der Waals surface area contributed by atoms with Crippen molar-refractivity contribution in [3.05, 3.63) is 34.3 Å². The Morgan fingerprint density at radius 3 is 2.32 bits per heavy atom. The van der Waals surface area contributed by atoms with Crippen molar-refractivity contribution in [1.82, 2.24) is 10.2 Å². The molecule has 1 aliphatic heterocycles. The SMILES string of the molecule is Cc1cc(Cl)ccc1[C@H](CC(F)(F)F)N1CCNCC1.Cl.Cl. The van der Waals surface area contributed by atoms with Gasteiger partial charge in [-0.05, 0) is 30.2 Å². The first-order valence-corrected chi connectivity index (χ1v) is 7.02. The Kier molecular flexibility index (Phi) is 9.10. The second-order valence-electron chi connectivity index (χ2n) is 5.12. The number of nitrogens with one attached hydrogen (secondary N) is 1. The summed E-state index contributed by atoms with van der Waals surface area (Å²) in [6.45, 7) is 4.51. The molecule has 1 aromatic rings. The molecule has 8 heteroatoms. The predicted molar refractivity (Wildman–Crippen MR) is 88.5 cm³/mol. The zero-order chi connectivity index (χ0) is 14.8. The molecule has 2 nitrogen and oxygen atoms in total. The third kappa shape index (κ3) is 6.13. The molecule has 1 heterocycles. The van der Waals surface area contributed by atoms with Crippen LogP contribution in [0.1, 0.15) is 23.6 Å². The van der Waals surface area contributed by atoms with E-state index >= 15 is 0 Å². The number of hydrogen-bond acceptors (Lipinski definition) is 2. The van der Waals surface area contributed by atoms with Gasteiger partial charge < -0.3 is 5.32 Å². The molecular weight excluding hydrogens is 360 g/mol. The van der Waals surface area contributed by atoms with Gasteiger partial charge in [-0.15, -0.1) is 24.8 Å². The summed E-state index contributed by atoms with van der Waals surface area (Å²) in [5.41, 5.74) is 1.53. The van der Waals surface area contributed by atoms with E-state index < -0.39 is 18.6 Å². The molecular formula is C14H20Cl3F3N2. The molecule has 2 rings (SSSR count). The molecule has 1 saturated heterocycles. The van der Waals surface area contributed by atoms with E-state index in [0.29, 0.717) is 23.7 Å². The van der Waals surface area contributed by atoms with E-state index in [-0.39, 0.29) is 24.8 Å². The Morgan fingerprint density at radius 1 is 1.23 bits per heavy atom. The number of aryl methyl sites for hydroxylation is 1. The molecule has 1 N–H and O–H groups in total. The third-order valence-corrected chi connectivity index (χ3v) is 3.84. The summed E-state index contributed by atoms with van der Waals surface area (Å²) in [6.07, 6.45) is -5.00. The standard InChI is InChI=1S/C14H18ClF3N2.2ClH/c1-10-8-11(15)2-3-12(10)13(9-14(16,17)18)20-6-4-19-5-7-20;;/h2-3,8,13,19H,4-7,9H2,1H3;2*1H/t13-;;/m0../s1. The zero-order valence-corrected chi connectivity index (χ0v) is 14.5. The van der Waals surface area contributed by atoms with E-state index in [9.17, 15) is 13.2 Å². The minimum Gasteiger partial charge on any atom is -0.314 e. The predicted octanol–water partition coefficient (Wildman–Crippen LogP) is 4.39. The Balaban J connectivity index is 0.00000220. The highest BCUT2D eigenvalue weighted by Gasteiger charge is 2.36. The molecule has 0 unspecified atom stereocenters. The van der Waals surface area contributed by atoms with Crippen LogP contribution >= 0.6 is 36.4 Å². The fourth-order valence-electron chi connectivity index (χ4n) is 2.66. The van der Waals surface area contributed by atoms with Crippen molar-refractivity contribution in [3.8, 4) is 0 Å². The largest absolute Gasteiger partial charge is 0.390 e. The average molecular weight is 380 g/mol. The summed E-state index contributed by atoms with van der Waals surface area (Å²) in [6, 6.07) is 4.47. The van der Waals surface area contributed by atoms with Gasteiger partial charge >= 0.3 is 6.18 Å². The lowest BCUT2D eigenvalue weighted by atomic mass is 9.96. The lowest BCUT2D eigenvalue weighted by molar-refractivity contribution is -0.148. The lowest BCUT2D eigenvalue weighted by Crippen LogP contribution is -2.46. The summed E-state index contributed by atoms with van der Waals surface area (Å²) in [4.78, 5) is 1.90. The molecule has 1 atom stereocenters. The molecule has 128 valence electrons. The highest BCUT2D eigenvalue weighted by atomic mass is 35.5. The van der Waals surface area contributed by atoms with E-state index in [4.69, 9.17) is 11.6 Å². The minimum absolute atomic E-state index is 0. The molecule has 0 bridgehead atoms. The van der Waals surface area contributed by atoms with E-state index in [2.05, 4.69) is 5.32 Å². The smallest absolute Gasteiger partial charge is 0.314 e. The van der Waals surface area contributed by atoms with Crippen molar-refractivity contribution in [1.29, 1.82) is 0 Å². The Morgan fingerprint density at radius 2 is 1.82 bits per heavy atom. The highest BCUT2D eigenvalue weighted by Crippen LogP contribution is 2.35. The van der Waals surface area contributed by atoms with E-state index in [1.807, 2.05) is 11.8 Å². The van der Waals surface area contributed by atoms with Crippen LogP contribution in [0.2, 0.25) is 5.02 Å². The summed E-state index contributed by atoms with van der Waals surface area (Å²) >= 11 is 5.89. The van der Waals surface area contributed by atoms with E-state index in [0.717, 1.165) is 18.7 Å². The molecule has 22 heavy (non-hydrogen) atoms. The average Bonchev–Trinajstić information content (AvgIpc) is 2.36. The Bertz CT molecular complexity index is 463. The minimum atomic E-state index is -4.18. The van der Waals surface area contributed by atoms with Gasteiger partial charge in [0.1, 0.15) is 0 Å². The first kappa shape index (κ1) is 21.8. The monoisotopic (exact) mass is 378 g/mol. The van der Waals surface area contributed by atoms with Gasteiger partial charge in [-0.1, -0.05) is 17.7 Å². The molecule has 0 spiro atoms. The Hall–Kier alpha value is -0.200.